The van der Waals surface area contributed by atoms with Gasteiger partial charge in [-0.05, 0) is 6.92 Å². The van der Waals surface area contributed by atoms with Crippen LogP contribution in [-0.2, 0) is 14.3 Å². The van der Waals surface area contributed by atoms with E-state index in [-0.39, 0.29) is 11.9 Å². The van der Waals surface area contributed by atoms with Gasteiger partial charge in [-0.15, -0.1) is 0 Å². The van der Waals surface area contributed by atoms with Crippen molar-refractivity contribution >= 4 is 5.91 Å². The molecule has 0 saturated carbocycles. The predicted octanol–water partition coefficient (Wildman–Crippen LogP) is -1.04. The van der Waals surface area contributed by atoms with Gasteiger partial charge in [-0.25, -0.2) is 5.84 Å². The summed E-state index contributed by atoms with van der Waals surface area (Å²) >= 11 is 0. The second kappa shape index (κ2) is 8.60. The number of ether oxygens (including phenoxy) is 2. The normalized spacial score (nSPS) is 12.9. The van der Waals surface area contributed by atoms with Crippen molar-refractivity contribution in [2.24, 2.45) is 5.84 Å². The van der Waals surface area contributed by atoms with Crippen LogP contribution in [0.5, 0.6) is 0 Å². The molecule has 0 spiro atoms. The fourth-order valence-electron chi connectivity index (χ4n) is 1.20. The first-order chi connectivity index (χ1) is 7.17. The van der Waals surface area contributed by atoms with Crippen LogP contribution in [-0.4, -0.2) is 57.4 Å². The predicted molar refractivity (Wildman–Crippen MR) is 57.1 cm³/mol. The highest BCUT2D eigenvalue weighted by Gasteiger charge is 2.19. The molecule has 0 aliphatic heterocycles. The van der Waals surface area contributed by atoms with Gasteiger partial charge in [-0.2, -0.15) is 0 Å². The van der Waals surface area contributed by atoms with Crippen molar-refractivity contribution in [1.29, 1.82) is 0 Å². The summed E-state index contributed by atoms with van der Waals surface area (Å²) in [6.45, 7) is 4.30. The van der Waals surface area contributed by atoms with Gasteiger partial charge in [0.25, 0.3) is 5.91 Å². The van der Waals surface area contributed by atoms with Crippen LogP contribution in [0.25, 0.3) is 0 Å². The van der Waals surface area contributed by atoms with Gasteiger partial charge in [0.05, 0.1) is 19.3 Å². The zero-order valence-corrected chi connectivity index (χ0v) is 9.66. The van der Waals surface area contributed by atoms with Crippen molar-refractivity contribution in [3.05, 3.63) is 0 Å². The number of methoxy groups -OCH3 is 2. The summed E-state index contributed by atoms with van der Waals surface area (Å²) in [6, 6.07) is -0.278. The van der Waals surface area contributed by atoms with Crippen molar-refractivity contribution in [1.82, 2.24) is 10.3 Å². The highest BCUT2D eigenvalue weighted by molar-refractivity contribution is 5.80. The van der Waals surface area contributed by atoms with Crippen molar-refractivity contribution in [2.75, 3.05) is 40.5 Å². The molecule has 0 aromatic heterocycles. The molecule has 1 unspecified atom stereocenters. The minimum atomic E-state index is -0.278. The van der Waals surface area contributed by atoms with Gasteiger partial charge in [-0.3, -0.25) is 15.1 Å². The van der Waals surface area contributed by atoms with Gasteiger partial charge in [0.2, 0.25) is 0 Å². The van der Waals surface area contributed by atoms with Gasteiger partial charge in [0.15, 0.2) is 0 Å². The van der Waals surface area contributed by atoms with E-state index in [9.17, 15) is 4.79 Å². The number of rotatable bonds is 8. The third-order valence-corrected chi connectivity index (χ3v) is 2.23. The van der Waals surface area contributed by atoms with E-state index in [0.717, 1.165) is 0 Å². The van der Waals surface area contributed by atoms with Crippen LogP contribution in [0.1, 0.15) is 6.92 Å². The zero-order chi connectivity index (χ0) is 11.7. The third-order valence-electron chi connectivity index (χ3n) is 2.23. The molecule has 3 N–H and O–H groups in total. The average Bonchev–Trinajstić information content (AvgIpc) is 2.27. The molecule has 0 bridgehead atoms. The smallest absolute Gasteiger partial charge is 0.250 e. The standard InChI is InChI=1S/C9H21N3O3/c1-8(9(13)11-10)12(4-6-14-2)5-7-15-3/h8H,4-7,10H2,1-3H3,(H,11,13). The lowest BCUT2D eigenvalue weighted by Gasteiger charge is -2.26. The van der Waals surface area contributed by atoms with Crippen LogP contribution in [0, 0.1) is 0 Å². The first-order valence-electron chi connectivity index (χ1n) is 4.89. The molecule has 0 aromatic rings. The topological polar surface area (TPSA) is 76.8 Å². The van der Waals surface area contributed by atoms with Gasteiger partial charge >= 0.3 is 0 Å². The van der Waals surface area contributed by atoms with Crippen LogP contribution < -0.4 is 11.3 Å². The Hall–Kier alpha value is -0.690. The molecule has 6 nitrogen and oxygen atoms in total. The Bertz CT molecular complexity index is 170. The highest BCUT2D eigenvalue weighted by Crippen LogP contribution is 1.98. The van der Waals surface area contributed by atoms with E-state index >= 15 is 0 Å². The summed E-state index contributed by atoms with van der Waals surface area (Å²) in [5.74, 6) is 4.87. The minimum absolute atomic E-state index is 0.206. The third kappa shape index (κ3) is 5.68. The number of hydrogen-bond acceptors (Lipinski definition) is 5. The van der Waals surface area contributed by atoms with E-state index in [0.29, 0.717) is 26.3 Å². The van der Waals surface area contributed by atoms with E-state index in [1.807, 2.05) is 4.90 Å². The molecule has 15 heavy (non-hydrogen) atoms. The summed E-state index contributed by atoms with van der Waals surface area (Å²) in [6.07, 6.45) is 0. The van der Waals surface area contributed by atoms with E-state index in [1.165, 1.54) is 0 Å². The highest BCUT2D eigenvalue weighted by atomic mass is 16.5. The van der Waals surface area contributed by atoms with Gasteiger partial charge in [0, 0.05) is 27.3 Å². The molecule has 1 atom stereocenters. The lowest BCUT2D eigenvalue weighted by atomic mass is 10.2. The van der Waals surface area contributed by atoms with Crippen molar-refractivity contribution < 1.29 is 14.3 Å². The number of hydrogen-bond donors (Lipinski definition) is 2. The van der Waals surface area contributed by atoms with Crippen molar-refractivity contribution in [2.45, 2.75) is 13.0 Å². The van der Waals surface area contributed by atoms with Gasteiger partial charge in [0.1, 0.15) is 0 Å². The fourth-order valence-corrected chi connectivity index (χ4v) is 1.20. The molecule has 0 rings (SSSR count). The molecule has 0 radical (unpaired) electrons. The second-order valence-corrected chi connectivity index (χ2v) is 3.21. The molecule has 0 fully saturated rings. The van der Waals surface area contributed by atoms with Crippen LogP contribution in [0.2, 0.25) is 0 Å². The fraction of sp³-hybridized carbons (Fsp3) is 0.889. The SMILES string of the molecule is COCCN(CCOC)C(C)C(=O)NN. The number of nitrogens with two attached hydrogens (primary N) is 1. The van der Waals surface area contributed by atoms with E-state index < -0.39 is 0 Å². The quantitative estimate of drug-likeness (QED) is 0.310. The van der Waals surface area contributed by atoms with Crippen LogP contribution in [0.4, 0.5) is 0 Å². The number of hydrazine groups is 1. The Kier molecular flexibility index (Phi) is 8.21. The summed E-state index contributed by atoms with van der Waals surface area (Å²) in [5, 5.41) is 0. The van der Waals surface area contributed by atoms with Crippen molar-refractivity contribution in [3.63, 3.8) is 0 Å². The minimum Gasteiger partial charge on any atom is -0.383 e. The molecule has 0 aromatic carbocycles. The lowest BCUT2D eigenvalue weighted by molar-refractivity contribution is -0.126. The molecule has 0 saturated heterocycles. The monoisotopic (exact) mass is 219 g/mol. The number of nitrogens with zero attached hydrogens (tertiary/aromatic N) is 1. The molecular formula is C9H21N3O3. The van der Waals surface area contributed by atoms with Crippen LogP contribution in [0.3, 0.4) is 0 Å². The van der Waals surface area contributed by atoms with E-state index in [4.69, 9.17) is 15.3 Å². The van der Waals surface area contributed by atoms with Crippen LogP contribution in [0.15, 0.2) is 0 Å². The Morgan fingerprint density at radius 3 is 2.13 bits per heavy atom. The molecule has 0 aliphatic carbocycles. The maximum Gasteiger partial charge on any atom is 0.250 e. The molecule has 1 amide bonds. The Morgan fingerprint density at radius 2 is 1.80 bits per heavy atom. The average molecular weight is 219 g/mol. The summed E-state index contributed by atoms with van der Waals surface area (Å²) < 4.78 is 9.94. The number of carbonyl (C=O) groups excluding carboxylic acids is 1. The Labute approximate surface area is 90.7 Å². The van der Waals surface area contributed by atoms with Gasteiger partial charge < -0.3 is 9.47 Å². The molecule has 0 aliphatic rings. The maximum atomic E-state index is 11.3. The molecule has 0 heterocycles. The van der Waals surface area contributed by atoms with Crippen molar-refractivity contribution in [3.8, 4) is 0 Å². The number of amides is 1. The number of nitrogens with one attached hydrogen (secondary N) is 1. The second-order valence-electron chi connectivity index (χ2n) is 3.21. The largest absolute Gasteiger partial charge is 0.383 e. The summed E-state index contributed by atoms with van der Waals surface area (Å²) in [7, 11) is 3.25. The van der Waals surface area contributed by atoms with Gasteiger partial charge in [-0.1, -0.05) is 0 Å². The van der Waals surface area contributed by atoms with E-state index in [1.54, 1.807) is 21.1 Å². The maximum absolute atomic E-state index is 11.3. The first kappa shape index (κ1) is 14.3. The summed E-state index contributed by atoms with van der Waals surface area (Å²) in [4.78, 5) is 13.3. The Balaban J connectivity index is 4.12. The van der Waals surface area contributed by atoms with Crippen LogP contribution >= 0.6 is 0 Å². The Morgan fingerprint density at radius 1 is 1.33 bits per heavy atom. The zero-order valence-electron chi connectivity index (χ0n) is 9.66. The van der Waals surface area contributed by atoms with E-state index in [2.05, 4.69) is 5.43 Å². The number of carbonyl (C=O) groups is 1. The molecular weight excluding hydrogens is 198 g/mol. The first-order valence-corrected chi connectivity index (χ1v) is 4.89. The molecule has 90 valence electrons. The molecule has 6 heteroatoms. The summed E-state index contributed by atoms with van der Waals surface area (Å²) in [5.41, 5.74) is 2.14. The lowest BCUT2D eigenvalue weighted by Crippen LogP contribution is -2.49.